The maximum Gasteiger partial charge on any atom is 0.262 e. The van der Waals surface area contributed by atoms with Crippen molar-refractivity contribution in [3.63, 3.8) is 0 Å². The van der Waals surface area contributed by atoms with Crippen molar-refractivity contribution in [1.82, 2.24) is 9.97 Å². The first-order valence-corrected chi connectivity index (χ1v) is 4.98. The van der Waals surface area contributed by atoms with E-state index in [1.165, 1.54) is 20.3 Å². The lowest BCUT2D eigenvalue weighted by atomic mass is 10.2. The molecule has 1 aromatic carbocycles. The second-order valence-electron chi connectivity index (χ2n) is 3.35. The highest BCUT2D eigenvalue weighted by Crippen LogP contribution is 2.28. The molecular weight excluding hydrogens is 220 g/mol. The van der Waals surface area contributed by atoms with E-state index in [0.717, 1.165) is 0 Å². The average molecular weight is 232 g/mol. The number of H-pyrrole nitrogens is 1. The van der Waals surface area contributed by atoms with Crippen molar-refractivity contribution in [2.45, 2.75) is 0 Å². The van der Waals surface area contributed by atoms with Crippen LogP contribution in [0.2, 0.25) is 0 Å². The van der Waals surface area contributed by atoms with E-state index >= 15 is 0 Å². The molecule has 5 heteroatoms. The van der Waals surface area contributed by atoms with Gasteiger partial charge >= 0.3 is 0 Å². The van der Waals surface area contributed by atoms with Crippen molar-refractivity contribution in [3.8, 4) is 11.5 Å². The predicted octanol–water partition coefficient (Wildman–Crippen LogP) is 1.58. The van der Waals surface area contributed by atoms with Crippen LogP contribution in [0.15, 0.2) is 23.5 Å². The van der Waals surface area contributed by atoms with E-state index in [4.69, 9.17) is 9.47 Å². The molecule has 1 N–H and O–H groups in total. The Labute approximate surface area is 97.7 Å². The fraction of sp³-hybridized carbons (Fsp3) is 0.167. The highest BCUT2D eigenvalue weighted by atomic mass is 16.5. The quantitative estimate of drug-likeness (QED) is 0.872. The summed E-state index contributed by atoms with van der Waals surface area (Å²) >= 11 is 0. The van der Waals surface area contributed by atoms with Crippen LogP contribution < -0.4 is 15.0 Å². The van der Waals surface area contributed by atoms with E-state index < -0.39 is 0 Å². The van der Waals surface area contributed by atoms with E-state index in [9.17, 15) is 4.79 Å². The average Bonchev–Trinajstić information content (AvgIpc) is 2.37. The van der Waals surface area contributed by atoms with Crippen LogP contribution in [0.1, 0.15) is 5.82 Å². The Morgan fingerprint density at radius 1 is 1.29 bits per heavy atom. The molecule has 1 heterocycles. The molecule has 88 valence electrons. The minimum absolute atomic E-state index is 0.277. The SMILES string of the molecule is C=Cc1nc2c(OC)ccc(OC)c2c(=O)[nH]1. The van der Waals surface area contributed by atoms with Crippen molar-refractivity contribution in [1.29, 1.82) is 0 Å². The predicted molar refractivity (Wildman–Crippen MR) is 65.6 cm³/mol. The molecule has 0 radical (unpaired) electrons. The number of hydrogen-bond donors (Lipinski definition) is 1. The van der Waals surface area contributed by atoms with Gasteiger partial charge in [0.15, 0.2) is 0 Å². The summed E-state index contributed by atoms with van der Waals surface area (Å²) in [6.45, 7) is 3.57. The third kappa shape index (κ3) is 1.75. The zero-order valence-corrected chi connectivity index (χ0v) is 9.61. The number of aromatic nitrogens is 2. The second kappa shape index (κ2) is 4.29. The van der Waals surface area contributed by atoms with Crippen LogP contribution >= 0.6 is 0 Å². The minimum atomic E-state index is -0.277. The summed E-state index contributed by atoms with van der Waals surface area (Å²) in [6, 6.07) is 3.38. The van der Waals surface area contributed by atoms with E-state index in [2.05, 4.69) is 16.5 Å². The Morgan fingerprint density at radius 3 is 2.53 bits per heavy atom. The van der Waals surface area contributed by atoms with Gasteiger partial charge in [-0.1, -0.05) is 6.58 Å². The van der Waals surface area contributed by atoms with Gasteiger partial charge in [-0.05, 0) is 18.2 Å². The molecular formula is C12H12N2O3. The number of ether oxygens (including phenoxy) is 2. The van der Waals surface area contributed by atoms with Gasteiger partial charge < -0.3 is 14.5 Å². The zero-order chi connectivity index (χ0) is 12.4. The molecule has 0 spiro atoms. The van der Waals surface area contributed by atoms with E-state index in [0.29, 0.717) is 28.2 Å². The van der Waals surface area contributed by atoms with Gasteiger partial charge in [0.1, 0.15) is 28.2 Å². The largest absolute Gasteiger partial charge is 0.496 e. The number of hydrogen-bond acceptors (Lipinski definition) is 4. The van der Waals surface area contributed by atoms with Crippen molar-refractivity contribution < 1.29 is 9.47 Å². The van der Waals surface area contributed by atoms with E-state index in [-0.39, 0.29) is 5.56 Å². The summed E-state index contributed by atoms with van der Waals surface area (Å²) < 4.78 is 10.3. The number of nitrogens with one attached hydrogen (secondary N) is 1. The molecule has 0 fully saturated rings. The third-order valence-electron chi connectivity index (χ3n) is 2.44. The standard InChI is InChI=1S/C12H12N2O3/c1-4-9-13-11-8(17-3)6-5-7(16-2)10(11)12(15)14-9/h4-6H,1H2,2-3H3,(H,13,14,15). The van der Waals surface area contributed by atoms with Gasteiger partial charge in [-0.25, -0.2) is 4.98 Å². The van der Waals surface area contributed by atoms with Gasteiger partial charge in [0.25, 0.3) is 5.56 Å². The van der Waals surface area contributed by atoms with Gasteiger partial charge in [-0.3, -0.25) is 4.79 Å². The second-order valence-corrected chi connectivity index (χ2v) is 3.35. The summed E-state index contributed by atoms with van der Waals surface area (Å²) in [6.07, 6.45) is 1.47. The molecule has 0 saturated heterocycles. The molecule has 0 atom stereocenters. The van der Waals surface area contributed by atoms with Crippen molar-refractivity contribution in [3.05, 3.63) is 34.9 Å². The molecule has 0 amide bonds. The first-order chi connectivity index (χ1) is 8.21. The molecule has 2 rings (SSSR count). The monoisotopic (exact) mass is 232 g/mol. The molecule has 0 aliphatic rings. The number of fused-ring (bicyclic) bond motifs is 1. The maximum atomic E-state index is 11.9. The first-order valence-electron chi connectivity index (χ1n) is 4.98. The Balaban J connectivity index is 2.95. The van der Waals surface area contributed by atoms with Crippen LogP contribution in [-0.2, 0) is 0 Å². The summed E-state index contributed by atoms with van der Waals surface area (Å²) in [7, 11) is 3.03. The molecule has 17 heavy (non-hydrogen) atoms. The highest BCUT2D eigenvalue weighted by Gasteiger charge is 2.12. The molecule has 0 saturated carbocycles. The van der Waals surface area contributed by atoms with E-state index in [1.54, 1.807) is 12.1 Å². The smallest absolute Gasteiger partial charge is 0.262 e. The molecule has 0 unspecified atom stereocenters. The topological polar surface area (TPSA) is 64.2 Å². The maximum absolute atomic E-state index is 11.9. The number of aromatic amines is 1. The van der Waals surface area contributed by atoms with Crippen LogP contribution in [-0.4, -0.2) is 24.2 Å². The lowest BCUT2D eigenvalue weighted by molar-refractivity contribution is 0.409. The minimum Gasteiger partial charge on any atom is -0.496 e. The van der Waals surface area contributed by atoms with Crippen molar-refractivity contribution >= 4 is 17.0 Å². The molecule has 2 aromatic rings. The Morgan fingerprint density at radius 2 is 1.94 bits per heavy atom. The Bertz CT molecular complexity index is 631. The molecule has 5 nitrogen and oxygen atoms in total. The Hall–Kier alpha value is -2.30. The number of methoxy groups -OCH3 is 2. The fourth-order valence-corrected chi connectivity index (χ4v) is 1.64. The third-order valence-corrected chi connectivity index (χ3v) is 2.44. The molecule has 0 aliphatic heterocycles. The fourth-order valence-electron chi connectivity index (χ4n) is 1.64. The van der Waals surface area contributed by atoms with Crippen molar-refractivity contribution in [2.75, 3.05) is 14.2 Å². The number of benzene rings is 1. The lowest BCUT2D eigenvalue weighted by Crippen LogP contribution is -2.11. The van der Waals surface area contributed by atoms with Gasteiger partial charge in [0.2, 0.25) is 0 Å². The zero-order valence-electron chi connectivity index (χ0n) is 9.61. The van der Waals surface area contributed by atoms with Crippen LogP contribution in [0.4, 0.5) is 0 Å². The number of nitrogens with zero attached hydrogens (tertiary/aromatic N) is 1. The van der Waals surface area contributed by atoms with Crippen LogP contribution in [0.5, 0.6) is 11.5 Å². The van der Waals surface area contributed by atoms with Crippen LogP contribution in [0, 0.1) is 0 Å². The summed E-state index contributed by atoms with van der Waals surface area (Å²) in [4.78, 5) is 18.8. The molecule has 0 aliphatic carbocycles. The van der Waals surface area contributed by atoms with Gasteiger partial charge in [-0.15, -0.1) is 0 Å². The highest BCUT2D eigenvalue weighted by molar-refractivity contribution is 5.89. The molecule has 0 bridgehead atoms. The lowest BCUT2D eigenvalue weighted by Gasteiger charge is -2.08. The summed E-state index contributed by atoms with van der Waals surface area (Å²) in [5.41, 5.74) is 0.186. The normalized spacial score (nSPS) is 10.2. The van der Waals surface area contributed by atoms with Gasteiger partial charge in [0, 0.05) is 0 Å². The first kappa shape index (κ1) is 11.2. The van der Waals surface area contributed by atoms with Crippen LogP contribution in [0.3, 0.4) is 0 Å². The Kier molecular flexibility index (Phi) is 2.82. The number of rotatable bonds is 3. The summed E-state index contributed by atoms with van der Waals surface area (Å²) in [5.74, 6) is 1.38. The van der Waals surface area contributed by atoms with E-state index in [1.807, 2.05) is 0 Å². The summed E-state index contributed by atoms with van der Waals surface area (Å²) in [5, 5.41) is 0.373. The van der Waals surface area contributed by atoms with Gasteiger partial charge in [0.05, 0.1) is 14.2 Å². The molecule has 1 aromatic heterocycles. The van der Waals surface area contributed by atoms with Crippen LogP contribution in [0.25, 0.3) is 17.0 Å². The van der Waals surface area contributed by atoms with Gasteiger partial charge in [-0.2, -0.15) is 0 Å². The van der Waals surface area contributed by atoms with Crippen molar-refractivity contribution in [2.24, 2.45) is 0 Å².